The number of sulfonamides is 1. The van der Waals surface area contributed by atoms with Crippen LogP contribution in [0.1, 0.15) is 22.5 Å². The molecule has 0 bridgehead atoms. The number of aryl methyl sites for hydroxylation is 2. The van der Waals surface area contributed by atoms with E-state index < -0.39 is 15.9 Å². The summed E-state index contributed by atoms with van der Waals surface area (Å²) in [5, 5.41) is 24.1. The van der Waals surface area contributed by atoms with E-state index in [2.05, 4.69) is 31.1 Å². The van der Waals surface area contributed by atoms with Gasteiger partial charge in [0.25, 0.3) is 10.0 Å². The van der Waals surface area contributed by atoms with Crippen molar-refractivity contribution in [3.8, 4) is 22.6 Å². The molecule has 0 atom stereocenters. The van der Waals surface area contributed by atoms with Crippen LogP contribution in [0.25, 0.3) is 10.4 Å². The summed E-state index contributed by atoms with van der Waals surface area (Å²) in [7, 11) is -3.94. The molecule has 1 amide bonds. The first-order chi connectivity index (χ1) is 18.6. The number of nitrogens with zero attached hydrogens (tertiary/aromatic N) is 5. The van der Waals surface area contributed by atoms with Crippen molar-refractivity contribution in [1.29, 1.82) is 10.5 Å². The number of nitrogen functional groups attached to an aromatic ring is 1. The summed E-state index contributed by atoms with van der Waals surface area (Å²) in [5.74, 6) is -0.580. The van der Waals surface area contributed by atoms with Crippen molar-refractivity contribution in [3.05, 3.63) is 70.4 Å². The molecule has 4 rings (SSSR count). The quantitative estimate of drug-likeness (QED) is 0.258. The van der Waals surface area contributed by atoms with Crippen LogP contribution in [0.2, 0.25) is 0 Å². The second-order valence-corrected chi connectivity index (χ2v) is 11.7. The summed E-state index contributed by atoms with van der Waals surface area (Å²) in [6.07, 6.45) is 0. The molecule has 0 unspecified atom stereocenters. The summed E-state index contributed by atoms with van der Waals surface area (Å²) in [6.45, 7) is 3.47. The van der Waals surface area contributed by atoms with Crippen molar-refractivity contribution < 1.29 is 13.2 Å². The highest BCUT2D eigenvalue weighted by Crippen LogP contribution is 2.37. The molecule has 3 aromatic heterocycles. The summed E-state index contributed by atoms with van der Waals surface area (Å²) in [6, 6.07) is 15.0. The lowest BCUT2D eigenvalue weighted by molar-refractivity contribution is -0.113. The summed E-state index contributed by atoms with van der Waals surface area (Å²) in [4.78, 5) is 25.6. The molecule has 0 saturated carbocycles. The van der Waals surface area contributed by atoms with E-state index in [1.807, 2.05) is 11.4 Å². The number of anilines is 3. The number of benzene rings is 1. The number of thiophene rings is 1. The highest BCUT2D eigenvalue weighted by atomic mass is 32.2. The van der Waals surface area contributed by atoms with Crippen LogP contribution in [-0.2, 0) is 14.8 Å². The van der Waals surface area contributed by atoms with Gasteiger partial charge in [-0.3, -0.25) is 4.79 Å². The molecule has 0 fully saturated rings. The number of carbonyl (C=O) groups excluding carboxylic acids is 1. The number of thioether (sulfide) groups is 1. The van der Waals surface area contributed by atoms with Crippen LogP contribution in [0.15, 0.2) is 57.8 Å². The van der Waals surface area contributed by atoms with Gasteiger partial charge in [0.2, 0.25) is 11.9 Å². The number of pyridine rings is 1. The zero-order valence-corrected chi connectivity index (χ0v) is 23.0. The Hall–Kier alpha value is -4.50. The van der Waals surface area contributed by atoms with Crippen LogP contribution in [-0.4, -0.2) is 35.0 Å². The fraction of sp³-hybridized carbons (Fsp3) is 0.120. The second-order valence-electron chi connectivity index (χ2n) is 8.07. The fourth-order valence-electron chi connectivity index (χ4n) is 3.57. The Bertz CT molecular complexity index is 1720. The minimum Gasteiger partial charge on any atom is -0.383 e. The van der Waals surface area contributed by atoms with Gasteiger partial charge < -0.3 is 11.1 Å². The van der Waals surface area contributed by atoms with Crippen molar-refractivity contribution in [2.24, 2.45) is 0 Å². The number of nitrogens with one attached hydrogen (secondary N) is 2. The van der Waals surface area contributed by atoms with E-state index in [1.54, 1.807) is 32.0 Å². The third kappa shape index (κ3) is 6.32. The molecular formula is C25H20N8O3S3. The van der Waals surface area contributed by atoms with Crippen LogP contribution < -0.4 is 15.8 Å². The molecule has 1 aromatic carbocycles. The third-order valence-electron chi connectivity index (χ3n) is 5.18. The van der Waals surface area contributed by atoms with Crippen molar-refractivity contribution >= 4 is 56.5 Å². The van der Waals surface area contributed by atoms with Crippen LogP contribution in [0, 0.1) is 36.5 Å². The normalized spacial score (nSPS) is 10.9. The molecule has 14 heteroatoms. The average Bonchev–Trinajstić information content (AvgIpc) is 3.41. The third-order valence-corrected chi connectivity index (χ3v) is 8.39. The van der Waals surface area contributed by atoms with Crippen molar-refractivity contribution in [2.45, 2.75) is 23.8 Å². The molecule has 0 aliphatic carbocycles. The zero-order chi connectivity index (χ0) is 28.2. The molecule has 196 valence electrons. The van der Waals surface area contributed by atoms with E-state index in [-0.39, 0.29) is 38.6 Å². The summed E-state index contributed by atoms with van der Waals surface area (Å²) >= 11 is 2.36. The number of hydrogen-bond donors (Lipinski definition) is 3. The first-order valence-electron chi connectivity index (χ1n) is 11.2. The predicted octanol–water partition coefficient (Wildman–Crippen LogP) is 4.07. The Balaban J connectivity index is 1.46. The van der Waals surface area contributed by atoms with Crippen LogP contribution in [0.5, 0.6) is 0 Å². The number of aromatic nitrogens is 3. The van der Waals surface area contributed by atoms with Gasteiger partial charge >= 0.3 is 0 Å². The number of hydrogen-bond acceptors (Lipinski definition) is 11. The molecule has 3 heterocycles. The fourth-order valence-corrected chi connectivity index (χ4v) is 6.09. The van der Waals surface area contributed by atoms with Gasteiger partial charge in [-0.05, 0) is 55.6 Å². The standard InChI is InChI=1S/C25H20N8O3S3/c1-14-10-15(2)30-25(29-14)33-39(35,36)17-7-5-16(6-8-17)31-21(34)13-38-24-19(12-27)22(20-4-3-9-37-20)18(11-26)23(28)32-24/h3-10H,13H2,1-2H3,(H2,28,32)(H,31,34)(H,29,30,33). The smallest absolute Gasteiger partial charge is 0.264 e. The maximum absolute atomic E-state index is 12.7. The second kappa shape index (κ2) is 11.5. The molecule has 4 aromatic rings. The van der Waals surface area contributed by atoms with E-state index in [0.29, 0.717) is 27.5 Å². The first-order valence-corrected chi connectivity index (χ1v) is 14.5. The van der Waals surface area contributed by atoms with E-state index in [9.17, 15) is 23.7 Å². The van der Waals surface area contributed by atoms with Crippen LogP contribution in [0.4, 0.5) is 17.5 Å². The summed E-state index contributed by atoms with van der Waals surface area (Å²) < 4.78 is 27.8. The van der Waals surface area contributed by atoms with Crippen LogP contribution in [0.3, 0.4) is 0 Å². The molecule has 0 aliphatic heterocycles. The van der Waals surface area contributed by atoms with Gasteiger partial charge in [0.15, 0.2) is 0 Å². The maximum Gasteiger partial charge on any atom is 0.264 e. The van der Waals surface area contributed by atoms with Gasteiger partial charge in [-0.15, -0.1) is 11.3 Å². The minimum atomic E-state index is -3.94. The number of carbonyl (C=O) groups is 1. The van der Waals surface area contributed by atoms with Crippen LogP contribution >= 0.6 is 23.1 Å². The van der Waals surface area contributed by atoms with Gasteiger partial charge in [0.05, 0.1) is 16.2 Å². The Labute approximate surface area is 232 Å². The van der Waals surface area contributed by atoms with E-state index in [4.69, 9.17) is 5.73 Å². The van der Waals surface area contributed by atoms with Crippen molar-refractivity contribution in [2.75, 3.05) is 21.5 Å². The first kappa shape index (κ1) is 27.5. The SMILES string of the molecule is Cc1cc(C)nc(NS(=O)(=O)c2ccc(NC(=O)CSc3nc(N)c(C#N)c(-c4cccs4)c3C#N)cc2)n1. The monoisotopic (exact) mass is 576 g/mol. The number of nitriles is 2. The highest BCUT2D eigenvalue weighted by Gasteiger charge is 2.22. The lowest BCUT2D eigenvalue weighted by Gasteiger charge is -2.12. The predicted molar refractivity (Wildman–Crippen MR) is 150 cm³/mol. The number of nitrogens with two attached hydrogens (primary N) is 1. The molecule has 0 saturated heterocycles. The zero-order valence-electron chi connectivity index (χ0n) is 20.6. The van der Waals surface area contributed by atoms with Gasteiger partial charge in [0.1, 0.15) is 28.5 Å². The lowest BCUT2D eigenvalue weighted by atomic mass is 10.0. The molecule has 11 nitrogen and oxygen atoms in total. The number of amides is 1. The Morgan fingerprint density at radius 3 is 2.31 bits per heavy atom. The maximum atomic E-state index is 12.7. The van der Waals surface area contributed by atoms with E-state index >= 15 is 0 Å². The molecule has 0 radical (unpaired) electrons. The minimum absolute atomic E-state index is 0.0283. The highest BCUT2D eigenvalue weighted by molar-refractivity contribution is 8.00. The van der Waals surface area contributed by atoms with Crippen molar-refractivity contribution in [1.82, 2.24) is 15.0 Å². The van der Waals surface area contributed by atoms with Gasteiger partial charge in [0, 0.05) is 27.5 Å². The number of rotatable bonds is 8. The topological polar surface area (TPSA) is 188 Å². The van der Waals surface area contributed by atoms with Crippen molar-refractivity contribution in [3.63, 3.8) is 0 Å². The molecule has 39 heavy (non-hydrogen) atoms. The molecule has 0 aliphatic rings. The van der Waals surface area contributed by atoms with Gasteiger partial charge in [-0.2, -0.15) is 10.5 Å². The molecule has 4 N–H and O–H groups in total. The molecular weight excluding hydrogens is 557 g/mol. The Morgan fingerprint density at radius 1 is 1.05 bits per heavy atom. The molecule has 0 spiro atoms. The van der Waals surface area contributed by atoms with E-state index in [1.165, 1.54) is 35.6 Å². The van der Waals surface area contributed by atoms with Gasteiger partial charge in [-0.25, -0.2) is 28.1 Å². The average molecular weight is 577 g/mol. The lowest BCUT2D eigenvalue weighted by Crippen LogP contribution is -2.17. The van der Waals surface area contributed by atoms with E-state index in [0.717, 1.165) is 11.8 Å². The summed E-state index contributed by atoms with van der Waals surface area (Å²) in [5.41, 5.74) is 8.27. The Kier molecular flexibility index (Phi) is 8.11. The Morgan fingerprint density at radius 2 is 1.72 bits per heavy atom. The largest absolute Gasteiger partial charge is 0.383 e. The van der Waals surface area contributed by atoms with Gasteiger partial charge in [-0.1, -0.05) is 17.8 Å².